The Labute approximate surface area is 144 Å². The maximum Gasteiger partial charge on any atom is 0.268 e. The average molecular weight is 332 g/mol. The standard InChI is InChI=1S/C19H28N2O3/c1-4-7-13-20(6-3)18(22)12-14-21-15-10-8-9-11-17(15)24-16(5-2)19(21)23/h8-11,16H,4-7,12-14H2,1-3H3. The number of anilines is 1. The van der Waals surface area contributed by atoms with Crippen molar-refractivity contribution in [2.75, 3.05) is 24.5 Å². The molecule has 2 rings (SSSR count). The Morgan fingerprint density at radius 2 is 2.00 bits per heavy atom. The van der Waals surface area contributed by atoms with Crippen LogP contribution in [-0.4, -0.2) is 42.5 Å². The Bertz CT molecular complexity index is 573. The van der Waals surface area contributed by atoms with E-state index in [-0.39, 0.29) is 11.8 Å². The Kier molecular flexibility index (Phi) is 6.64. The smallest absolute Gasteiger partial charge is 0.268 e. The highest BCUT2D eigenvalue weighted by Gasteiger charge is 2.33. The van der Waals surface area contributed by atoms with Gasteiger partial charge in [-0.15, -0.1) is 0 Å². The van der Waals surface area contributed by atoms with Crippen molar-refractivity contribution in [3.05, 3.63) is 24.3 Å². The van der Waals surface area contributed by atoms with Crippen molar-refractivity contribution in [3.8, 4) is 5.75 Å². The second-order valence-electron chi connectivity index (χ2n) is 6.05. The second-order valence-corrected chi connectivity index (χ2v) is 6.05. The van der Waals surface area contributed by atoms with Crippen LogP contribution in [0.3, 0.4) is 0 Å². The van der Waals surface area contributed by atoms with E-state index in [0.717, 1.165) is 30.8 Å². The van der Waals surface area contributed by atoms with E-state index in [2.05, 4.69) is 6.92 Å². The molecule has 1 aromatic rings. The minimum absolute atomic E-state index is 0.0550. The van der Waals surface area contributed by atoms with Crippen LogP contribution in [0, 0.1) is 0 Å². The SMILES string of the molecule is CCCCN(CC)C(=O)CCN1C(=O)C(CC)Oc2ccccc21. The number of rotatable bonds is 8. The van der Waals surface area contributed by atoms with Gasteiger partial charge in [0.25, 0.3) is 5.91 Å². The first-order valence-electron chi connectivity index (χ1n) is 8.97. The monoisotopic (exact) mass is 332 g/mol. The van der Waals surface area contributed by atoms with E-state index < -0.39 is 6.10 Å². The Hall–Kier alpha value is -2.04. The van der Waals surface area contributed by atoms with Gasteiger partial charge in [0.2, 0.25) is 5.91 Å². The summed E-state index contributed by atoms with van der Waals surface area (Å²) in [5.74, 6) is 0.770. The lowest BCUT2D eigenvalue weighted by molar-refractivity contribution is -0.131. The molecule has 5 nitrogen and oxygen atoms in total. The molecule has 1 heterocycles. The lowest BCUT2D eigenvalue weighted by atomic mass is 10.1. The van der Waals surface area contributed by atoms with Crippen LogP contribution in [0.2, 0.25) is 0 Å². The van der Waals surface area contributed by atoms with E-state index in [1.165, 1.54) is 0 Å². The molecule has 1 aliphatic rings. The van der Waals surface area contributed by atoms with Gasteiger partial charge in [-0.1, -0.05) is 32.4 Å². The first-order chi connectivity index (χ1) is 11.6. The van der Waals surface area contributed by atoms with Crippen molar-refractivity contribution in [2.45, 2.75) is 52.6 Å². The zero-order valence-electron chi connectivity index (χ0n) is 15.0. The first-order valence-corrected chi connectivity index (χ1v) is 8.97. The zero-order chi connectivity index (χ0) is 17.5. The lowest BCUT2D eigenvalue weighted by Gasteiger charge is -2.34. The van der Waals surface area contributed by atoms with E-state index in [4.69, 9.17) is 4.74 Å². The fourth-order valence-corrected chi connectivity index (χ4v) is 2.94. The van der Waals surface area contributed by atoms with Crippen LogP contribution >= 0.6 is 0 Å². The predicted molar refractivity (Wildman–Crippen MR) is 95.3 cm³/mol. The van der Waals surface area contributed by atoms with Crippen molar-refractivity contribution in [2.24, 2.45) is 0 Å². The molecular formula is C19H28N2O3. The summed E-state index contributed by atoms with van der Waals surface area (Å²) in [4.78, 5) is 28.6. The molecule has 2 amide bonds. The molecule has 0 saturated heterocycles. The van der Waals surface area contributed by atoms with Crippen LogP contribution in [0.1, 0.15) is 46.5 Å². The normalized spacial score (nSPS) is 16.5. The fourth-order valence-electron chi connectivity index (χ4n) is 2.94. The molecule has 24 heavy (non-hydrogen) atoms. The van der Waals surface area contributed by atoms with Gasteiger partial charge < -0.3 is 14.5 Å². The number of ether oxygens (including phenoxy) is 1. The molecule has 1 unspecified atom stereocenters. The molecule has 0 aliphatic carbocycles. The largest absolute Gasteiger partial charge is 0.478 e. The van der Waals surface area contributed by atoms with Crippen LogP contribution < -0.4 is 9.64 Å². The van der Waals surface area contributed by atoms with Crippen LogP contribution in [0.5, 0.6) is 5.75 Å². The quantitative estimate of drug-likeness (QED) is 0.734. The van der Waals surface area contributed by atoms with E-state index >= 15 is 0 Å². The maximum atomic E-state index is 12.6. The molecule has 1 aromatic carbocycles. The molecule has 0 saturated carbocycles. The van der Waals surface area contributed by atoms with Gasteiger partial charge in [-0.25, -0.2) is 0 Å². The minimum Gasteiger partial charge on any atom is -0.478 e. The molecule has 5 heteroatoms. The van der Waals surface area contributed by atoms with Gasteiger partial charge in [0.05, 0.1) is 5.69 Å². The summed E-state index contributed by atoms with van der Waals surface area (Å²) in [6.45, 7) is 7.95. The molecule has 0 aromatic heterocycles. The maximum absolute atomic E-state index is 12.6. The van der Waals surface area contributed by atoms with E-state index in [1.807, 2.05) is 43.0 Å². The van der Waals surface area contributed by atoms with E-state index in [1.54, 1.807) is 4.90 Å². The third kappa shape index (κ3) is 4.08. The summed E-state index contributed by atoms with van der Waals surface area (Å²) >= 11 is 0. The fraction of sp³-hybridized carbons (Fsp3) is 0.579. The summed E-state index contributed by atoms with van der Waals surface area (Å²) < 4.78 is 5.77. The number of unbranched alkanes of at least 4 members (excludes halogenated alkanes) is 1. The van der Waals surface area contributed by atoms with Gasteiger partial charge in [-0.3, -0.25) is 9.59 Å². The Balaban J connectivity index is 2.07. The summed E-state index contributed by atoms with van der Waals surface area (Å²) in [6.07, 6.45) is 2.58. The topological polar surface area (TPSA) is 49.9 Å². The van der Waals surface area contributed by atoms with Crippen molar-refractivity contribution in [1.82, 2.24) is 4.90 Å². The molecule has 0 spiro atoms. The van der Waals surface area contributed by atoms with Gasteiger partial charge in [-0.05, 0) is 31.9 Å². The molecule has 1 aliphatic heterocycles. The van der Waals surface area contributed by atoms with Gasteiger partial charge in [0, 0.05) is 26.1 Å². The van der Waals surface area contributed by atoms with Crippen LogP contribution in [-0.2, 0) is 9.59 Å². The molecular weight excluding hydrogens is 304 g/mol. The van der Waals surface area contributed by atoms with Gasteiger partial charge in [0.15, 0.2) is 6.10 Å². The van der Waals surface area contributed by atoms with Gasteiger partial charge in [-0.2, -0.15) is 0 Å². The lowest BCUT2D eigenvalue weighted by Crippen LogP contribution is -2.47. The van der Waals surface area contributed by atoms with Crippen LogP contribution in [0.15, 0.2) is 24.3 Å². The third-order valence-corrected chi connectivity index (χ3v) is 4.40. The van der Waals surface area contributed by atoms with Crippen molar-refractivity contribution in [1.29, 1.82) is 0 Å². The number of carbonyl (C=O) groups excluding carboxylic acids is 2. The van der Waals surface area contributed by atoms with Crippen molar-refractivity contribution < 1.29 is 14.3 Å². The highest BCUT2D eigenvalue weighted by Crippen LogP contribution is 2.34. The first kappa shape index (κ1) is 18.3. The second kappa shape index (κ2) is 8.71. The number of benzene rings is 1. The summed E-state index contributed by atoms with van der Waals surface area (Å²) in [5, 5.41) is 0. The number of fused-ring (bicyclic) bond motifs is 1. The number of hydrogen-bond acceptors (Lipinski definition) is 3. The zero-order valence-corrected chi connectivity index (χ0v) is 15.0. The predicted octanol–water partition coefficient (Wildman–Crippen LogP) is 3.23. The Morgan fingerprint density at radius 1 is 1.25 bits per heavy atom. The summed E-state index contributed by atoms with van der Waals surface area (Å²) in [7, 11) is 0. The highest BCUT2D eigenvalue weighted by molar-refractivity contribution is 6.00. The number of para-hydroxylation sites is 2. The molecule has 0 fully saturated rings. The molecule has 0 N–H and O–H groups in total. The van der Waals surface area contributed by atoms with Crippen LogP contribution in [0.4, 0.5) is 5.69 Å². The summed E-state index contributed by atoms with van der Waals surface area (Å²) in [6, 6.07) is 7.53. The number of carbonyl (C=O) groups is 2. The minimum atomic E-state index is -0.461. The Morgan fingerprint density at radius 3 is 2.67 bits per heavy atom. The van der Waals surface area contributed by atoms with Gasteiger partial charge >= 0.3 is 0 Å². The molecule has 1 atom stereocenters. The number of amides is 2. The van der Waals surface area contributed by atoms with E-state index in [9.17, 15) is 9.59 Å². The molecule has 132 valence electrons. The number of hydrogen-bond donors (Lipinski definition) is 0. The number of nitrogens with zero attached hydrogens (tertiary/aromatic N) is 2. The van der Waals surface area contributed by atoms with Crippen molar-refractivity contribution >= 4 is 17.5 Å². The third-order valence-electron chi connectivity index (χ3n) is 4.40. The van der Waals surface area contributed by atoms with E-state index in [0.29, 0.717) is 25.9 Å². The highest BCUT2D eigenvalue weighted by atomic mass is 16.5. The average Bonchev–Trinajstić information content (AvgIpc) is 2.61. The van der Waals surface area contributed by atoms with Gasteiger partial charge in [0.1, 0.15) is 5.75 Å². The summed E-state index contributed by atoms with van der Waals surface area (Å²) in [5.41, 5.74) is 0.761. The van der Waals surface area contributed by atoms with Crippen molar-refractivity contribution in [3.63, 3.8) is 0 Å². The molecule has 0 radical (unpaired) electrons. The van der Waals surface area contributed by atoms with Crippen LogP contribution in [0.25, 0.3) is 0 Å². The molecule has 0 bridgehead atoms.